The third-order valence-electron chi connectivity index (χ3n) is 4.91. The first-order valence-electron chi connectivity index (χ1n) is 13.3. The second-order valence-corrected chi connectivity index (χ2v) is 14.8. The van der Waals surface area contributed by atoms with Crippen molar-refractivity contribution in [2.75, 3.05) is 76.1 Å². The highest BCUT2D eigenvalue weighted by Crippen LogP contribution is 2.19. The molecule has 0 spiro atoms. The molecule has 0 aromatic heterocycles. The molecule has 41 heavy (non-hydrogen) atoms. The first-order valence-corrected chi connectivity index (χ1v) is 16.7. The molecule has 0 radical (unpaired) electrons. The number of quaternary nitrogens is 2. The van der Waals surface area contributed by atoms with Gasteiger partial charge in [-0.15, -0.1) is 0 Å². The van der Waals surface area contributed by atoms with Crippen molar-refractivity contribution in [2.24, 2.45) is 0 Å². The summed E-state index contributed by atoms with van der Waals surface area (Å²) < 4.78 is 68.9. The Kier molecular flexibility index (Phi) is 25.3. The number of likely N-dealkylation sites (N-methyl/N-ethyl adjacent to an activating group) is 1. The lowest BCUT2D eigenvalue weighted by Gasteiger charge is -2.23. The van der Waals surface area contributed by atoms with Crippen LogP contribution < -0.4 is 5.32 Å². The molecule has 0 heterocycles. The van der Waals surface area contributed by atoms with E-state index in [4.69, 9.17) is 4.18 Å². The predicted molar refractivity (Wildman–Crippen MR) is 157 cm³/mol. The summed E-state index contributed by atoms with van der Waals surface area (Å²) in [4.78, 5) is 23.5. The normalized spacial score (nSPS) is 12.8. The van der Waals surface area contributed by atoms with E-state index in [1.807, 2.05) is 21.1 Å². The van der Waals surface area contributed by atoms with Crippen LogP contribution in [0.3, 0.4) is 0 Å². The number of hydrogen-bond acceptors (Lipinski definition) is 12. The summed E-state index contributed by atoms with van der Waals surface area (Å²) in [5.41, 5.74) is 0. The van der Waals surface area contributed by atoms with Crippen LogP contribution in [0, 0.1) is 0 Å². The average Bonchev–Trinajstić information content (AvgIpc) is 2.80. The van der Waals surface area contributed by atoms with Gasteiger partial charge in [0, 0.05) is 24.6 Å². The number of carbonyl (C=O) groups is 2. The van der Waals surface area contributed by atoms with Crippen LogP contribution in [0.5, 0.6) is 0 Å². The molecule has 0 aromatic carbocycles. The van der Waals surface area contributed by atoms with Gasteiger partial charge < -0.3 is 27.6 Å². The highest BCUT2D eigenvalue weighted by atomic mass is 32.3. The maximum atomic E-state index is 11.8. The van der Waals surface area contributed by atoms with Gasteiger partial charge in [-0.1, -0.05) is 39.0 Å². The molecule has 0 aliphatic rings. The van der Waals surface area contributed by atoms with Crippen molar-refractivity contribution in [3.63, 3.8) is 0 Å². The molecule has 248 valence electrons. The number of nitrogens with zero attached hydrogens (tertiary/aromatic N) is 2. The van der Waals surface area contributed by atoms with E-state index in [9.17, 15) is 35.5 Å². The average molecular weight is 656 g/mol. The Balaban J connectivity index is -0.000000995. The number of amides is 1. The van der Waals surface area contributed by atoms with Crippen LogP contribution in [-0.2, 0) is 42.9 Å². The zero-order valence-electron chi connectivity index (χ0n) is 26.2. The van der Waals surface area contributed by atoms with E-state index < -0.39 is 20.8 Å². The van der Waals surface area contributed by atoms with E-state index in [2.05, 4.69) is 41.7 Å². The maximum Gasteiger partial charge on any atom is 0.373 e. The summed E-state index contributed by atoms with van der Waals surface area (Å²) in [6.45, 7) is 4.38. The number of hydrogen-bond donors (Lipinski definition) is 1. The molecular weight excluding hydrogens is 602 g/mol. The van der Waals surface area contributed by atoms with Gasteiger partial charge in [0.2, 0.25) is 26.7 Å². The lowest BCUT2D eigenvalue weighted by Crippen LogP contribution is -2.39. The summed E-state index contributed by atoms with van der Waals surface area (Å²) in [6.07, 6.45) is 9.62. The SMILES string of the molecule is CC(CCCCCCCCC(=O)NCCC[N+](C)(C)C)SOC(=O)C[N+](C)(C)C.COS(=O)(=O)[O-].COS(=O)(=O)[O-]. The molecule has 0 rings (SSSR count). The van der Waals surface area contributed by atoms with Gasteiger partial charge in [0.05, 0.1) is 75.1 Å². The third-order valence-corrected chi connectivity index (χ3v) is 6.57. The van der Waals surface area contributed by atoms with Crippen LogP contribution in [0.1, 0.15) is 64.7 Å². The highest BCUT2D eigenvalue weighted by molar-refractivity contribution is 7.95. The topological polar surface area (TPSA) is 188 Å². The minimum Gasteiger partial charge on any atom is -0.726 e. The fourth-order valence-corrected chi connectivity index (χ4v) is 3.48. The number of unbranched alkanes of at least 4 members (excludes halogenated alkanes) is 5. The van der Waals surface area contributed by atoms with Crippen molar-refractivity contribution in [1.82, 2.24) is 5.32 Å². The fourth-order valence-electron chi connectivity index (χ4n) is 2.89. The van der Waals surface area contributed by atoms with Crippen LogP contribution in [0.25, 0.3) is 0 Å². The summed E-state index contributed by atoms with van der Waals surface area (Å²) >= 11 is 1.30. The summed E-state index contributed by atoms with van der Waals surface area (Å²) in [6, 6.07) is 0. The molecule has 0 aliphatic heterocycles. The molecule has 17 heteroatoms. The second kappa shape index (κ2) is 23.4. The zero-order chi connectivity index (χ0) is 32.8. The van der Waals surface area contributed by atoms with Gasteiger partial charge in [0.25, 0.3) is 0 Å². The van der Waals surface area contributed by atoms with E-state index in [1.54, 1.807) is 0 Å². The second-order valence-electron chi connectivity index (χ2n) is 11.3. The van der Waals surface area contributed by atoms with Crippen molar-refractivity contribution in [3.05, 3.63) is 0 Å². The Morgan fingerprint density at radius 3 is 1.63 bits per heavy atom. The lowest BCUT2D eigenvalue weighted by molar-refractivity contribution is -0.870. The van der Waals surface area contributed by atoms with Crippen LogP contribution in [-0.4, -0.2) is 128 Å². The molecule has 1 atom stereocenters. The molecule has 1 amide bonds. The third kappa shape index (κ3) is 46.1. The molecule has 0 saturated carbocycles. The van der Waals surface area contributed by atoms with Crippen molar-refractivity contribution >= 4 is 44.7 Å². The van der Waals surface area contributed by atoms with E-state index in [1.165, 1.54) is 31.3 Å². The van der Waals surface area contributed by atoms with Crippen molar-refractivity contribution in [3.8, 4) is 0 Å². The number of rotatable bonds is 19. The molecule has 0 saturated heterocycles. The van der Waals surface area contributed by atoms with Gasteiger partial charge in [-0.2, -0.15) is 0 Å². The molecule has 14 nitrogen and oxygen atoms in total. The quantitative estimate of drug-likeness (QED) is 0.0700. The van der Waals surface area contributed by atoms with Gasteiger partial charge >= 0.3 is 5.97 Å². The smallest absolute Gasteiger partial charge is 0.373 e. The molecule has 0 fully saturated rings. The highest BCUT2D eigenvalue weighted by Gasteiger charge is 2.17. The van der Waals surface area contributed by atoms with Crippen molar-refractivity contribution in [1.29, 1.82) is 0 Å². The van der Waals surface area contributed by atoms with Crippen LogP contribution in [0.4, 0.5) is 0 Å². The Bertz CT molecular complexity index is 870. The minimum absolute atomic E-state index is 0.147. The number of nitrogens with one attached hydrogen (secondary N) is 1. The fraction of sp³-hybridized carbons (Fsp3) is 0.917. The van der Waals surface area contributed by atoms with Crippen LogP contribution in [0.2, 0.25) is 0 Å². The van der Waals surface area contributed by atoms with Gasteiger partial charge in [-0.05, 0) is 12.8 Å². The monoisotopic (exact) mass is 655 g/mol. The minimum atomic E-state index is -4.41. The lowest BCUT2D eigenvalue weighted by atomic mass is 10.1. The summed E-state index contributed by atoms with van der Waals surface area (Å²) in [5.74, 6) is 0.0452. The van der Waals surface area contributed by atoms with E-state index in [0.29, 0.717) is 22.7 Å². The Hall–Kier alpha value is -1.05. The molecular formula is C24H53N3O11S3. The first kappa shape index (κ1) is 44.4. The number of carbonyl (C=O) groups excluding carboxylic acids is 2. The van der Waals surface area contributed by atoms with Crippen molar-refractivity contribution in [2.45, 2.75) is 70.0 Å². The Morgan fingerprint density at radius 1 is 0.780 bits per heavy atom. The zero-order valence-corrected chi connectivity index (χ0v) is 28.6. The Morgan fingerprint density at radius 2 is 1.22 bits per heavy atom. The largest absolute Gasteiger partial charge is 0.726 e. The van der Waals surface area contributed by atoms with Crippen molar-refractivity contribution < 1.29 is 57.0 Å². The Labute approximate surface area is 252 Å². The van der Waals surface area contributed by atoms with Gasteiger partial charge in [0.15, 0.2) is 6.54 Å². The van der Waals surface area contributed by atoms with Gasteiger partial charge in [-0.25, -0.2) is 21.6 Å². The molecule has 1 unspecified atom stereocenters. The first-order chi connectivity index (χ1) is 18.5. The molecule has 0 aliphatic carbocycles. The molecule has 1 N–H and O–H groups in total. The van der Waals surface area contributed by atoms with Gasteiger partial charge in [-0.3, -0.25) is 13.2 Å². The summed E-state index contributed by atoms with van der Waals surface area (Å²) in [7, 11) is 5.25. The standard InChI is InChI=1S/C22H46N3O3S.2CH4O4S/c1-20(29-28-22(27)19-25(5,6)7)15-12-10-8-9-11-13-16-21(26)23-17-14-18-24(2,3)4;2*1-5-6(2,3)4/h20H,8-19H2,1-7H3;2*1H3,(H,2,3,4)/q+1;;/p-1. The predicted octanol–water partition coefficient (Wildman–Crippen LogP) is 1.79. The van der Waals surface area contributed by atoms with Crippen LogP contribution >= 0.6 is 12.0 Å². The maximum absolute atomic E-state index is 11.8. The van der Waals surface area contributed by atoms with E-state index >= 15 is 0 Å². The summed E-state index contributed by atoms with van der Waals surface area (Å²) in [5, 5.41) is 3.36. The van der Waals surface area contributed by atoms with Gasteiger partial charge in [0.1, 0.15) is 0 Å². The van der Waals surface area contributed by atoms with E-state index in [-0.39, 0.29) is 11.9 Å². The molecule has 0 bridgehead atoms. The van der Waals surface area contributed by atoms with E-state index in [0.717, 1.165) is 63.9 Å². The van der Waals surface area contributed by atoms with Crippen LogP contribution in [0.15, 0.2) is 0 Å². The molecule has 0 aromatic rings.